The van der Waals surface area contributed by atoms with Crippen molar-refractivity contribution in [1.82, 2.24) is 5.32 Å². The monoisotopic (exact) mass is 385 g/mol. The zero-order chi connectivity index (χ0) is 20.7. The number of ether oxygens (including phenoxy) is 1. The molecule has 0 heterocycles. The summed E-state index contributed by atoms with van der Waals surface area (Å²) in [6.45, 7) is 6.79. The third-order valence-corrected chi connectivity index (χ3v) is 4.27. The van der Waals surface area contributed by atoms with Crippen molar-refractivity contribution in [2.45, 2.75) is 45.6 Å². The Kier molecular flexibility index (Phi) is 6.98. The molecular weight excluding hydrogens is 360 g/mol. The molecule has 0 saturated carbocycles. The molecule has 0 atom stereocenters. The van der Waals surface area contributed by atoms with Gasteiger partial charge in [-0.2, -0.15) is 0 Å². The zero-order valence-corrected chi connectivity index (χ0v) is 16.4. The average molecular weight is 385 g/mol. The summed E-state index contributed by atoms with van der Waals surface area (Å²) in [5, 5.41) is 25.1. The minimum atomic E-state index is -0.573. The summed E-state index contributed by atoms with van der Waals surface area (Å²) < 4.78 is 5.64. The molecule has 0 aromatic heterocycles. The number of non-ortho nitro benzene ring substituents is 1. The van der Waals surface area contributed by atoms with E-state index in [2.05, 4.69) is 26.1 Å². The van der Waals surface area contributed by atoms with Crippen molar-refractivity contribution < 1.29 is 19.6 Å². The Bertz CT molecular complexity index is 826. The SMILES string of the molecule is CC(C)(C)c1ccc(OCCCC(=O)NCc2cc([N+](=O)[O-])ccc2[O-])cc1. The highest BCUT2D eigenvalue weighted by atomic mass is 16.6. The number of nitrogens with zero attached hydrogens (tertiary/aromatic N) is 1. The lowest BCUT2D eigenvalue weighted by atomic mass is 9.87. The summed E-state index contributed by atoms with van der Waals surface area (Å²) in [7, 11) is 0. The molecule has 2 aromatic carbocycles. The van der Waals surface area contributed by atoms with Gasteiger partial charge in [0.25, 0.3) is 5.69 Å². The number of nitrogens with one attached hydrogen (secondary N) is 1. The van der Waals surface area contributed by atoms with Gasteiger partial charge in [-0.3, -0.25) is 14.9 Å². The number of carbonyl (C=O) groups is 1. The summed E-state index contributed by atoms with van der Waals surface area (Å²) in [6.07, 6.45) is 0.759. The molecule has 0 saturated heterocycles. The second-order valence-electron chi connectivity index (χ2n) is 7.55. The molecule has 2 rings (SSSR count). The maximum Gasteiger partial charge on any atom is 0.269 e. The predicted molar refractivity (Wildman–Crippen MR) is 104 cm³/mol. The molecule has 1 amide bonds. The Balaban J connectivity index is 1.73. The molecule has 0 aliphatic carbocycles. The number of carbonyl (C=O) groups excluding carboxylic acids is 1. The van der Waals surface area contributed by atoms with Gasteiger partial charge in [0.2, 0.25) is 5.91 Å². The van der Waals surface area contributed by atoms with E-state index in [0.717, 1.165) is 17.9 Å². The lowest BCUT2D eigenvalue weighted by Gasteiger charge is -2.19. The van der Waals surface area contributed by atoms with E-state index in [1.54, 1.807) is 0 Å². The first kappa shape index (κ1) is 21.2. The van der Waals surface area contributed by atoms with Crippen LogP contribution in [0.3, 0.4) is 0 Å². The summed E-state index contributed by atoms with van der Waals surface area (Å²) in [5.41, 5.74) is 1.32. The van der Waals surface area contributed by atoms with E-state index < -0.39 is 4.92 Å². The van der Waals surface area contributed by atoms with Gasteiger partial charge in [-0.25, -0.2) is 0 Å². The van der Waals surface area contributed by atoms with Crippen LogP contribution in [0.2, 0.25) is 0 Å². The normalized spacial score (nSPS) is 11.1. The second kappa shape index (κ2) is 9.21. The number of hydrogen-bond donors (Lipinski definition) is 1. The van der Waals surface area contributed by atoms with Gasteiger partial charge >= 0.3 is 0 Å². The van der Waals surface area contributed by atoms with Crippen molar-refractivity contribution >= 4 is 11.6 Å². The van der Waals surface area contributed by atoms with Crippen LogP contribution < -0.4 is 15.2 Å². The van der Waals surface area contributed by atoms with Crippen molar-refractivity contribution in [2.24, 2.45) is 0 Å². The number of rotatable bonds is 8. The van der Waals surface area contributed by atoms with Crippen molar-refractivity contribution in [2.75, 3.05) is 6.61 Å². The van der Waals surface area contributed by atoms with Crippen LogP contribution in [0, 0.1) is 10.1 Å². The fraction of sp³-hybridized carbons (Fsp3) is 0.381. The molecule has 0 radical (unpaired) electrons. The van der Waals surface area contributed by atoms with Gasteiger partial charge in [0, 0.05) is 25.1 Å². The van der Waals surface area contributed by atoms with Gasteiger partial charge in [0.1, 0.15) is 5.75 Å². The first-order valence-corrected chi connectivity index (χ1v) is 9.11. The van der Waals surface area contributed by atoms with Crippen LogP contribution in [0.15, 0.2) is 42.5 Å². The van der Waals surface area contributed by atoms with Gasteiger partial charge in [-0.1, -0.05) is 39.0 Å². The summed E-state index contributed by atoms with van der Waals surface area (Å²) >= 11 is 0. The molecule has 0 unspecified atom stereocenters. The number of benzene rings is 2. The van der Waals surface area contributed by atoms with Gasteiger partial charge < -0.3 is 15.2 Å². The number of hydrogen-bond acceptors (Lipinski definition) is 5. The van der Waals surface area contributed by atoms with E-state index in [9.17, 15) is 20.0 Å². The van der Waals surface area contributed by atoms with E-state index in [4.69, 9.17) is 4.74 Å². The maximum absolute atomic E-state index is 11.9. The maximum atomic E-state index is 11.9. The fourth-order valence-electron chi connectivity index (χ4n) is 2.57. The lowest BCUT2D eigenvalue weighted by molar-refractivity contribution is -0.385. The van der Waals surface area contributed by atoms with Crippen LogP contribution in [0.4, 0.5) is 5.69 Å². The minimum absolute atomic E-state index is 0.0333. The van der Waals surface area contributed by atoms with Crippen LogP contribution in [0.5, 0.6) is 11.5 Å². The number of amides is 1. The van der Waals surface area contributed by atoms with Crippen LogP contribution in [0.1, 0.15) is 44.7 Å². The van der Waals surface area contributed by atoms with Gasteiger partial charge in [0.15, 0.2) is 0 Å². The fourth-order valence-corrected chi connectivity index (χ4v) is 2.57. The van der Waals surface area contributed by atoms with Crippen LogP contribution in [0.25, 0.3) is 0 Å². The largest absolute Gasteiger partial charge is 0.872 e. The summed E-state index contributed by atoms with van der Waals surface area (Å²) in [5.74, 6) is 0.173. The minimum Gasteiger partial charge on any atom is -0.872 e. The Labute approximate surface area is 164 Å². The Morgan fingerprint density at radius 1 is 1.14 bits per heavy atom. The molecule has 0 bridgehead atoms. The molecule has 2 aromatic rings. The third-order valence-electron chi connectivity index (χ3n) is 4.27. The average Bonchev–Trinajstić information content (AvgIpc) is 2.64. The number of nitro benzene ring substituents is 1. The Morgan fingerprint density at radius 2 is 1.82 bits per heavy atom. The molecular formula is C21H25N2O5-. The van der Waals surface area contributed by atoms with Gasteiger partial charge in [-0.05, 0) is 35.1 Å². The molecule has 0 aliphatic heterocycles. The highest BCUT2D eigenvalue weighted by Gasteiger charge is 2.13. The highest BCUT2D eigenvalue weighted by molar-refractivity contribution is 5.75. The third kappa shape index (κ3) is 6.26. The van der Waals surface area contributed by atoms with Gasteiger partial charge in [0.05, 0.1) is 11.5 Å². The standard InChI is InChI=1S/C21H26N2O5/c1-21(2,3)16-6-9-18(10-7-16)28-12-4-5-20(25)22-14-15-13-17(23(26)27)8-11-19(15)24/h6-11,13,24H,4-5,12,14H2,1-3H3,(H,22,25)/p-1. The van der Waals surface area contributed by atoms with E-state index in [1.165, 1.54) is 11.6 Å². The van der Waals surface area contributed by atoms with Crippen molar-refractivity contribution in [1.29, 1.82) is 0 Å². The van der Waals surface area contributed by atoms with Crippen LogP contribution >= 0.6 is 0 Å². The molecule has 0 aliphatic rings. The molecule has 1 N–H and O–H groups in total. The quantitative estimate of drug-likeness (QED) is 0.426. The smallest absolute Gasteiger partial charge is 0.269 e. The predicted octanol–water partition coefficient (Wildman–Crippen LogP) is 3.44. The molecule has 150 valence electrons. The van der Waals surface area contributed by atoms with Crippen LogP contribution in [-0.4, -0.2) is 17.4 Å². The summed E-state index contributed by atoms with van der Waals surface area (Å²) in [4.78, 5) is 22.1. The molecule has 0 spiro atoms. The van der Waals surface area contributed by atoms with Gasteiger partial charge in [-0.15, -0.1) is 5.75 Å². The second-order valence-corrected chi connectivity index (χ2v) is 7.55. The topological polar surface area (TPSA) is 105 Å². The van der Waals surface area contributed by atoms with Crippen LogP contribution in [-0.2, 0) is 16.8 Å². The van der Waals surface area contributed by atoms with Crippen molar-refractivity contribution in [3.05, 3.63) is 63.7 Å². The zero-order valence-electron chi connectivity index (χ0n) is 16.4. The summed E-state index contributed by atoms with van der Waals surface area (Å²) in [6, 6.07) is 11.4. The Hall–Kier alpha value is -3.09. The van der Waals surface area contributed by atoms with E-state index in [1.807, 2.05) is 24.3 Å². The van der Waals surface area contributed by atoms with E-state index in [0.29, 0.717) is 13.0 Å². The first-order valence-electron chi connectivity index (χ1n) is 9.11. The first-order chi connectivity index (χ1) is 13.2. The highest BCUT2D eigenvalue weighted by Crippen LogP contribution is 2.24. The number of nitro groups is 1. The van der Waals surface area contributed by atoms with E-state index >= 15 is 0 Å². The van der Waals surface area contributed by atoms with Crippen molar-refractivity contribution in [3.8, 4) is 11.5 Å². The molecule has 28 heavy (non-hydrogen) atoms. The molecule has 0 fully saturated rings. The molecule has 7 heteroatoms. The van der Waals surface area contributed by atoms with Crippen molar-refractivity contribution in [3.63, 3.8) is 0 Å². The van der Waals surface area contributed by atoms with E-state index in [-0.39, 0.29) is 41.3 Å². The molecule has 7 nitrogen and oxygen atoms in total. The Morgan fingerprint density at radius 3 is 2.43 bits per heavy atom. The lowest BCUT2D eigenvalue weighted by Crippen LogP contribution is -2.23.